The van der Waals surface area contributed by atoms with Crippen molar-refractivity contribution in [3.05, 3.63) is 53.2 Å². The van der Waals surface area contributed by atoms with Gasteiger partial charge in [0.2, 0.25) is 0 Å². The van der Waals surface area contributed by atoms with E-state index in [-0.39, 0.29) is 0 Å². The van der Waals surface area contributed by atoms with Crippen LogP contribution in [0.3, 0.4) is 0 Å². The van der Waals surface area contributed by atoms with Gasteiger partial charge in [0, 0.05) is 22.7 Å². The van der Waals surface area contributed by atoms with Gasteiger partial charge in [0.15, 0.2) is 0 Å². The van der Waals surface area contributed by atoms with Gasteiger partial charge in [-0.05, 0) is 30.3 Å². The van der Waals surface area contributed by atoms with Gasteiger partial charge in [-0.2, -0.15) is 5.26 Å². The third-order valence-corrected chi connectivity index (χ3v) is 3.85. The van der Waals surface area contributed by atoms with Crippen LogP contribution >= 0.6 is 11.6 Å². The summed E-state index contributed by atoms with van der Waals surface area (Å²) >= 11 is 6.11. The summed E-state index contributed by atoms with van der Waals surface area (Å²) < 4.78 is 10.6. The molecule has 1 aromatic heterocycles. The smallest absolute Gasteiger partial charge is 0.145 e. The third-order valence-electron chi connectivity index (χ3n) is 3.62. The van der Waals surface area contributed by atoms with Gasteiger partial charge in [0.25, 0.3) is 0 Å². The van der Waals surface area contributed by atoms with Gasteiger partial charge >= 0.3 is 0 Å². The first-order valence-electron chi connectivity index (χ1n) is 7.13. The maximum Gasteiger partial charge on any atom is 0.145 e. The summed E-state index contributed by atoms with van der Waals surface area (Å²) in [6, 6.07) is 12.9. The van der Waals surface area contributed by atoms with E-state index in [0.29, 0.717) is 33.5 Å². The van der Waals surface area contributed by atoms with Crippen LogP contribution in [0.15, 0.2) is 42.6 Å². The molecule has 0 aliphatic carbocycles. The molecule has 6 heteroatoms. The number of halogens is 1. The number of nitriles is 1. The largest absolute Gasteiger partial charge is 0.497 e. The highest BCUT2D eigenvalue weighted by molar-refractivity contribution is 6.31. The Balaban J connectivity index is 2.16. The number of rotatable bonds is 4. The molecule has 1 N–H and O–H groups in total. The molecule has 3 rings (SSSR count). The topological polar surface area (TPSA) is 67.2 Å². The van der Waals surface area contributed by atoms with Gasteiger partial charge in [-0.3, -0.25) is 4.98 Å². The molecule has 2 aromatic carbocycles. The number of nitrogens with one attached hydrogen (secondary N) is 1. The molecule has 0 spiro atoms. The van der Waals surface area contributed by atoms with Gasteiger partial charge < -0.3 is 14.8 Å². The van der Waals surface area contributed by atoms with E-state index >= 15 is 0 Å². The van der Waals surface area contributed by atoms with E-state index in [2.05, 4.69) is 16.4 Å². The molecule has 0 saturated carbocycles. The molecule has 120 valence electrons. The van der Waals surface area contributed by atoms with Crippen LogP contribution in [-0.4, -0.2) is 19.2 Å². The zero-order chi connectivity index (χ0) is 17.1. The predicted octanol–water partition coefficient (Wildman–Crippen LogP) is 4.52. The van der Waals surface area contributed by atoms with E-state index in [9.17, 15) is 5.26 Å². The first-order chi connectivity index (χ1) is 11.7. The highest BCUT2D eigenvalue weighted by Crippen LogP contribution is 2.35. The van der Waals surface area contributed by atoms with Gasteiger partial charge in [0.1, 0.15) is 17.6 Å². The Hall–Kier alpha value is -2.97. The molecule has 0 atom stereocenters. The number of hydrogen-bond acceptors (Lipinski definition) is 5. The van der Waals surface area contributed by atoms with Crippen LogP contribution in [0.25, 0.3) is 10.9 Å². The normalized spacial score (nSPS) is 10.2. The van der Waals surface area contributed by atoms with Crippen LogP contribution in [-0.2, 0) is 0 Å². The van der Waals surface area contributed by atoms with Crippen LogP contribution in [0.1, 0.15) is 5.56 Å². The lowest BCUT2D eigenvalue weighted by atomic mass is 10.1. The van der Waals surface area contributed by atoms with Crippen molar-refractivity contribution in [2.24, 2.45) is 0 Å². The Morgan fingerprint density at radius 1 is 1.12 bits per heavy atom. The van der Waals surface area contributed by atoms with E-state index < -0.39 is 0 Å². The van der Waals surface area contributed by atoms with Crippen molar-refractivity contribution < 1.29 is 9.47 Å². The number of aromatic nitrogens is 1. The Morgan fingerprint density at radius 2 is 1.96 bits per heavy atom. The number of pyridine rings is 1. The van der Waals surface area contributed by atoms with Crippen molar-refractivity contribution >= 4 is 33.9 Å². The average molecular weight is 340 g/mol. The van der Waals surface area contributed by atoms with Crippen LogP contribution in [0, 0.1) is 11.3 Å². The van der Waals surface area contributed by atoms with E-state index in [1.54, 1.807) is 32.4 Å². The molecule has 0 aliphatic heterocycles. The molecule has 0 aliphatic rings. The monoisotopic (exact) mass is 339 g/mol. The van der Waals surface area contributed by atoms with Crippen molar-refractivity contribution in [3.63, 3.8) is 0 Å². The lowest BCUT2D eigenvalue weighted by Crippen LogP contribution is -1.99. The van der Waals surface area contributed by atoms with E-state index in [1.807, 2.05) is 18.2 Å². The van der Waals surface area contributed by atoms with Crippen LogP contribution in [0.2, 0.25) is 5.02 Å². The van der Waals surface area contributed by atoms with Gasteiger partial charge in [-0.15, -0.1) is 0 Å². The van der Waals surface area contributed by atoms with Crippen molar-refractivity contribution in [2.75, 3.05) is 19.5 Å². The molecular weight excluding hydrogens is 326 g/mol. The lowest BCUT2D eigenvalue weighted by Gasteiger charge is -2.15. The molecule has 0 bridgehead atoms. The molecule has 0 saturated heterocycles. The van der Waals surface area contributed by atoms with Crippen molar-refractivity contribution in [1.29, 1.82) is 5.26 Å². The summed E-state index contributed by atoms with van der Waals surface area (Å²) in [5.41, 5.74) is 2.51. The highest BCUT2D eigenvalue weighted by Gasteiger charge is 2.13. The summed E-state index contributed by atoms with van der Waals surface area (Å²) in [6.45, 7) is 0. The number of hydrogen-bond donors (Lipinski definition) is 1. The molecule has 0 fully saturated rings. The maximum atomic E-state index is 9.42. The number of nitrogens with zero attached hydrogens (tertiary/aromatic N) is 2. The van der Waals surface area contributed by atoms with Gasteiger partial charge in [-0.1, -0.05) is 11.6 Å². The molecule has 0 radical (unpaired) electrons. The first-order valence-corrected chi connectivity index (χ1v) is 7.51. The summed E-state index contributed by atoms with van der Waals surface area (Å²) in [5, 5.41) is 14.0. The minimum absolute atomic E-state index is 0.419. The Labute approximate surface area is 144 Å². The number of anilines is 2. The molecule has 1 heterocycles. The van der Waals surface area contributed by atoms with Crippen LogP contribution in [0.4, 0.5) is 11.4 Å². The molecule has 24 heavy (non-hydrogen) atoms. The number of fused-ring (bicyclic) bond motifs is 1. The van der Waals surface area contributed by atoms with Crippen LogP contribution < -0.4 is 14.8 Å². The maximum absolute atomic E-state index is 9.42. The zero-order valence-electron chi connectivity index (χ0n) is 13.1. The summed E-state index contributed by atoms with van der Waals surface area (Å²) in [4.78, 5) is 4.29. The molecular formula is C18H14ClN3O2. The average Bonchev–Trinajstić information content (AvgIpc) is 2.62. The first kappa shape index (κ1) is 15.9. The fourth-order valence-corrected chi connectivity index (χ4v) is 2.59. The van der Waals surface area contributed by atoms with E-state index in [0.717, 1.165) is 10.9 Å². The van der Waals surface area contributed by atoms with Crippen LogP contribution in [0.5, 0.6) is 11.5 Å². The lowest BCUT2D eigenvalue weighted by molar-refractivity contribution is 0.395. The second-order valence-electron chi connectivity index (χ2n) is 5.01. The number of benzene rings is 2. The predicted molar refractivity (Wildman–Crippen MR) is 94.3 cm³/mol. The quantitative estimate of drug-likeness (QED) is 0.756. The van der Waals surface area contributed by atoms with Gasteiger partial charge in [-0.25, -0.2) is 0 Å². The zero-order valence-corrected chi connectivity index (χ0v) is 13.9. The Kier molecular flexibility index (Phi) is 4.41. The number of methoxy groups -OCH3 is 2. The molecule has 0 amide bonds. The summed E-state index contributed by atoms with van der Waals surface area (Å²) in [7, 11) is 3.17. The number of ether oxygens (including phenoxy) is 2. The standard InChI is InChI=1S/C18H14ClN3O2/c1-23-13-4-6-16(17(8-13)24-2)22-18-11(9-20)10-21-15-5-3-12(19)7-14(15)18/h3-8,10H,1-2H3,(H,21,22). The fraction of sp³-hybridized carbons (Fsp3) is 0.111. The van der Waals surface area contributed by atoms with Crippen molar-refractivity contribution in [3.8, 4) is 17.6 Å². The highest BCUT2D eigenvalue weighted by atomic mass is 35.5. The fourth-order valence-electron chi connectivity index (χ4n) is 2.42. The third kappa shape index (κ3) is 2.92. The van der Waals surface area contributed by atoms with Gasteiger partial charge in [0.05, 0.1) is 36.7 Å². The molecule has 3 aromatic rings. The SMILES string of the molecule is COc1ccc(Nc2c(C#N)cnc3ccc(Cl)cc23)c(OC)c1. The Bertz CT molecular complexity index is 951. The summed E-state index contributed by atoms with van der Waals surface area (Å²) in [5.74, 6) is 1.28. The second kappa shape index (κ2) is 6.65. The van der Waals surface area contributed by atoms with E-state index in [4.69, 9.17) is 21.1 Å². The Morgan fingerprint density at radius 3 is 2.67 bits per heavy atom. The second-order valence-corrected chi connectivity index (χ2v) is 5.45. The minimum atomic E-state index is 0.419. The van der Waals surface area contributed by atoms with Crippen molar-refractivity contribution in [1.82, 2.24) is 4.98 Å². The molecule has 5 nitrogen and oxygen atoms in total. The van der Waals surface area contributed by atoms with Crippen molar-refractivity contribution in [2.45, 2.75) is 0 Å². The summed E-state index contributed by atoms with van der Waals surface area (Å²) in [6.07, 6.45) is 1.54. The van der Waals surface area contributed by atoms with E-state index in [1.165, 1.54) is 6.20 Å². The minimum Gasteiger partial charge on any atom is -0.497 e. The molecule has 0 unspecified atom stereocenters.